The van der Waals surface area contributed by atoms with Crippen LogP contribution in [-0.2, 0) is 22.7 Å². The third kappa shape index (κ3) is 4.69. The third-order valence-corrected chi connectivity index (χ3v) is 4.12. The Labute approximate surface area is 152 Å². The van der Waals surface area contributed by atoms with Crippen molar-refractivity contribution in [1.82, 2.24) is 20.2 Å². The van der Waals surface area contributed by atoms with E-state index in [2.05, 4.69) is 38.4 Å². The van der Waals surface area contributed by atoms with Gasteiger partial charge in [0.15, 0.2) is 0 Å². The molecule has 26 heavy (non-hydrogen) atoms. The van der Waals surface area contributed by atoms with Gasteiger partial charge in [0.25, 0.3) is 0 Å². The molecule has 2 aromatic carbocycles. The zero-order valence-electron chi connectivity index (χ0n) is 14.7. The zero-order valence-corrected chi connectivity index (χ0v) is 14.7. The second-order valence-electron chi connectivity index (χ2n) is 6.19. The number of para-hydroxylation sites is 2. The normalized spacial score (nSPS) is 10.7. The first kappa shape index (κ1) is 17.7. The number of aromatic nitrogens is 2. The molecule has 0 radical (unpaired) electrons. The van der Waals surface area contributed by atoms with Gasteiger partial charge in [-0.3, -0.25) is 9.59 Å². The van der Waals surface area contributed by atoms with E-state index in [1.807, 2.05) is 36.7 Å². The topological polar surface area (TPSA) is 76.0 Å². The van der Waals surface area contributed by atoms with Gasteiger partial charge in [0, 0.05) is 33.0 Å². The number of hydrogen-bond acceptors (Lipinski definition) is 3. The molecule has 3 rings (SSSR count). The van der Waals surface area contributed by atoms with Crippen molar-refractivity contribution < 1.29 is 9.59 Å². The van der Waals surface area contributed by atoms with Crippen molar-refractivity contribution in [3.05, 3.63) is 66.0 Å². The summed E-state index contributed by atoms with van der Waals surface area (Å²) in [5.41, 5.74) is 4.32. The van der Waals surface area contributed by atoms with E-state index in [0.29, 0.717) is 13.1 Å². The smallest absolute Gasteiger partial charge is 0.222 e. The van der Waals surface area contributed by atoms with Crippen molar-refractivity contribution in [2.24, 2.45) is 0 Å². The molecule has 6 heteroatoms. The van der Waals surface area contributed by atoms with E-state index in [-0.39, 0.29) is 18.2 Å². The van der Waals surface area contributed by atoms with Gasteiger partial charge in [-0.2, -0.15) is 0 Å². The number of amides is 2. The number of carbonyl (C=O) groups is 2. The molecule has 134 valence electrons. The Bertz CT molecular complexity index is 900. The summed E-state index contributed by atoms with van der Waals surface area (Å²) in [7, 11) is 0. The molecule has 3 aromatic rings. The lowest BCUT2D eigenvalue weighted by molar-refractivity contribution is -0.121. The first-order chi connectivity index (χ1) is 12.6. The van der Waals surface area contributed by atoms with E-state index in [9.17, 15) is 9.59 Å². The molecular weight excluding hydrogens is 328 g/mol. The quantitative estimate of drug-likeness (QED) is 0.686. The van der Waals surface area contributed by atoms with E-state index < -0.39 is 0 Å². The van der Waals surface area contributed by atoms with Gasteiger partial charge in [-0.1, -0.05) is 36.4 Å². The highest BCUT2D eigenvalue weighted by atomic mass is 16.2. The molecular formula is C20H22N4O2. The van der Waals surface area contributed by atoms with E-state index in [1.165, 1.54) is 12.5 Å². The second kappa shape index (κ2) is 8.29. The van der Waals surface area contributed by atoms with Gasteiger partial charge in [0.05, 0.1) is 17.4 Å². The van der Waals surface area contributed by atoms with Crippen LogP contribution in [-0.4, -0.2) is 27.9 Å². The predicted molar refractivity (Wildman–Crippen MR) is 100 cm³/mol. The first-order valence-electron chi connectivity index (χ1n) is 8.60. The molecule has 1 heterocycles. The Kier molecular flexibility index (Phi) is 5.63. The van der Waals surface area contributed by atoms with E-state index in [0.717, 1.165) is 23.1 Å². The number of imidazole rings is 1. The van der Waals surface area contributed by atoms with Gasteiger partial charge in [-0.15, -0.1) is 0 Å². The highest BCUT2D eigenvalue weighted by molar-refractivity contribution is 5.78. The lowest BCUT2D eigenvalue weighted by Gasteiger charge is -2.08. The first-order valence-corrected chi connectivity index (χ1v) is 8.60. The summed E-state index contributed by atoms with van der Waals surface area (Å²) in [6.07, 6.45) is 2.14. The molecule has 0 bridgehead atoms. The average Bonchev–Trinajstić information content (AvgIpc) is 3.04. The Morgan fingerprint density at radius 1 is 1.00 bits per heavy atom. The number of fused-ring (bicyclic) bond motifs is 1. The van der Waals surface area contributed by atoms with Gasteiger partial charge in [-0.05, 0) is 23.3 Å². The number of carbonyl (C=O) groups excluding carboxylic acids is 2. The summed E-state index contributed by atoms with van der Waals surface area (Å²) in [6, 6.07) is 16.2. The Balaban J connectivity index is 1.52. The third-order valence-electron chi connectivity index (χ3n) is 4.12. The summed E-state index contributed by atoms with van der Waals surface area (Å²) in [5.74, 6) is -0.202. The predicted octanol–water partition coefficient (Wildman–Crippen LogP) is 2.23. The van der Waals surface area contributed by atoms with Crippen LogP contribution in [0.5, 0.6) is 0 Å². The fourth-order valence-electron chi connectivity index (χ4n) is 2.74. The zero-order chi connectivity index (χ0) is 18.4. The van der Waals surface area contributed by atoms with Crippen molar-refractivity contribution in [1.29, 1.82) is 0 Å². The highest BCUT2D eigenvalue weighted by Crippen LogP contribution is 2.14. The van der Waals surface area contributed by atoms with Crippen molar-refractivity contribution in [3.63, 3.8) is 0 Å². The van der Waals surface area contributed by atoms with Crippen LogP contribution >= 0.6 is 0 Å². The molecule has 1 aromatic heterocycles. The molecule has 0 aliphatic carbocycles. The maximum Gasteiger partial charge on any atom is 0.222 e. The minimum absolute atomic E-state index is 0.0762. The van der Waals surface area contributed by atoms with Crippen molar-refractivity contribution >= 4 is 22.8 Å². The monoisotopic (exact) mass is 350 g/mol. The number of rotatable bonds is 7. The van der Waals surface area contributed by atoms with E-state index >= 15 is 0 Å². The number of nitrogens with zero attached hydrogens (tertiary/aromatic N) is 2. The molecule has 0 atom stereocenters. The van der Waals surface area contributed by atoms with Gasteiger partial charge < -0.3 is 15.2 Å². The molecule has 2 amide bonds. The summed E-state index contributed by atoms with van der Waals surface area (Å²) in [6.45, 7) is 3.03. The van der Waals surface area contributed by atoms with Crippen LogP contribution in [0.4, 0.5) is 0 Å². The second-order valence-corrected chi connectivity index (χ2v) is 6.19. The van der Waals surface area contributed by atoms with Crippen LogP contribution in [0.1, 0.15) is 24.5 Å². The Hall–Kier alpha value is -3.15. The lowest BCUT2D eigenvalue weighted by atomic mass is 10.1. The molecule has 0 saturated heterocycles. The minimum atomic E-state index is -0.126. The van der Waals surface area contributed by atoms with Crippen LogP contribution in [0.15, 0.2) is 54.9 Å². The Morgan fingerprint density at radius 2 is 1.73 bits per heavy atom. The van der Waals surface area contributed by atoms with Gasteiger partial charge in [0.1, 0.15) is 0 Å². The average molecular weight is 350 g/mol. The fourth-order valence-corrected chi connectivity index (χ4v) is 2.74. The summed E-state index contributed by atoms with van der Waals surface area (Å²) < 4.78 is 2.12. The molecule has 2 N–H and O–H groups in total. The van der Waals surface area contributed by atoms with Gasteiger partial charge in [-0.25, -0.2) is 4.98 Å². The highest BCUT2D eigenvalue weighted by Gasteiger charge is 2.04. The molecule has 0 aliphatic rings. The number of hydrogen-bond donors (Lipinski definition) is 2. The maximum absolute atomic E-state index is 11.7. The summed E-state index contributed by atoms with van der Waals surface area (Å²) in [5, 5.41) is 5.46. The van der Waals surface area contributed by atoms with Crippen LogP contribution in [0.3, 0.4) is 0 Å². The summed E-state index contributed by atoms with van der Waals surface area (Å²) >= 11 is 0. The van der Waals surface area contributed by atoms with Gasteiger partial charge >= 0.3 is 0 Å². The SMILES string of the molecule is CC(=O)NCCC(=O)NCc1ccc(Cn2cnc3ccccc32)cc1. The van der Waals surface area contributed by atoms with Crippen molar-refractivity contribution in [3.8, 4) is 0 Å². The molecule has 6 nitrogen and oxygen atoms in total. The van der Waals surface area contributed by atoms with Crippen LogP contribution < -0.4 is 10.6 Å². The standard InChI is InChI=1S/C20H22N4O2/c1-15(25)21-11-10-20(26)22-12-16-6-8-17(9-7-16)13-24-14-23-18-4-2-3-5-19(18)24/h2-9,14H,10-13H2,1H3,(H,21,25)(H,22,26). The molecule has 0 fully saturated rings. The maximum atomic E-state index is 11.7. The van der Waals surface area contributed by atoms with E-state index in [4.69, 9.17) is 0 Å². The Morgan fingerprint density at radius 3 is 2.50 bits per heavy atom. The van der Waals surface area contributed by atoms with Crippen molar-refractivity contribution in [2.45, 2.75) is 26.4 Å². The van der Waals surface area contributed by atoms with Crippen LogP contribution in [0.25, 0.3) is 11.0 Å². The molecule has 0 unspecified atom stereocenters. The lowest BCUT2D eigenvalue weighted by Crippen LogP contribution is -2.29. The van der Waals surface area contributed by atoms with Crippen molar-refractivity contribution in [2.75, 3.05) is 6.54 Å². The van der Waals surface area contributed by atoms with Gasteiger partial charge in [0.2, 0.25) is 11.8 Å². The molecule has 0 spiro atoms. The summed E-state index contributed by atoms with van der Waals surface area (Å²) in [4.78, 5) is 26.9. The van der Waals surface area contributed by atoms with E-state index in [1.54, 1.807) is 0 Å². The number of benzene rings is 2. The fraction of sp³-hybridized carbons (Fsp3) is 0.250. The van der Waals surface area contributed by atoms with Crippen LogP contribution in [0.2, 0.25) is 0 Å². The number of nitrogens with one attached hydrogen (secondary N) is 2. The largest absolute Gasteiger partial charge is 0.356 e. The molecule has 0 aliphatic heterocycles. The van der Waals surface area contributed by atoms with Crippen LogP contribution in [0, 0.1) is 0 Å². The minimum Gasteiger partial charge on any atom is -0.356 e. The molecule has 0 saturated carbocycles.